The van der Waals surface area contributed by atoms with E-state index >= 15 is 0 Å². The highest BCUT2D eigenvalue weighted by atomic mass is 16.5. The van der Waals surface area contributed by atoms with Gasteiger partial charge in [0.25, 0.3) is 5.91 Å². The summed E-state index contributed by atoms with van der Waals surface area (Å²) in [6, 6.07) is 19.6. The van der Waals surface area contributed by atoms with Crippen LogP contribution in [0.25, 0.3) is 0 Å². The van der Waals surface area contributed by atoms with E-state index in [1.807, 2.05) is 61.5 Å². The Bertz CT molecular complexity index is 983. The Hall–Kier alpha value is -3.18. The van der Waals surface area contributed by atoms with Crippen molar-refractivity contribution in [2.45, 2.75) is 39.0 Å². The van der Waals surface area contributed by atoms with E-state index in [2.05, 4.69) is 21.3 Å². The fourth-order valence-corrected chi connectivity index (χ4v) is 3.88. The lowest BCUT2D eigenvalue weighted by Crippen LogP contribution is -2.27. The van der Waals surface area contributed by atoms with E-state index in [4.69, 9.17) is 4.74 Å². The van der Waals surface area contributed by atoms with Gasteiger partial charge in [0.2, 0.25) is 0 Å². The highest BCUT2D eigenvalue weighted by molar-refractivity contribution is 5.94. The van der Waals surface area contributed by atoms with Crippen LogP contribution in [0.5, 0.6) is 5.75 Å². The minimum absolute atomic E-state index is 0.0484. The predicted octanol–water partition coefficient (Wildman–Crippen LogP) is 4.75. The number of hydrogen-bond acceptors (Lipinski definition) is 4. The first-order valence-electron chi connectivity index (χ1n) is 10.9. The van der Waals surface area contributed by atoms with Crippen LogP contribution in [0.4, 0.5) is 0 Å². The second kappa shape index (κ2) is 10.2. The van der Waals surface area contributed by atoms with Crippen LogP contribution in [0.2, 0.25) is 0 Å². The molecule has 1 aliphatic heterocycles. The molecule has 1 amide bonds. The maximum absolute atomic E-state index is 12.8. The number of nitrogens with one attached hydrogen (secondary N) is 1. The fourth-order valence-electron chi connectivity index (χ4n) is 3.88. The second-order valence-corrected chi connectivity index (χ2v) is 8.10. The van der Waals surface area contributed by atoms with Gasteiger partial charge in [0.15, 0.2) is 0 Å². The standard InChI is InChI=1S/C26H29N3O2/c1-20(23-9-11-25(12-10-23)31-19-22-7-5-13-27-17-22)28-26(30)24-8-4-6-21(16-24)18-29-14-2-3-15-29/h4-13,16-17,20H,2-3,14-15,18-19H2,1H3,(H,28,30). The largest absolute Gasteiger partial charge is 0.489 e. The van der Waals surface area contributed by atoms with Crippen LogP contribution in [0, 0.1) is 0 Å². The fraction of sp³-hybridized carbons (Fsp3) is 0.308. The number of benzene rings is 2. The molecule has 1 aliphatic rings. The number of hydrogen-bond donors (Lipinski definition) is 1. The topological polar surface area (TPSA) is 54.5 Å². The van der Waals surface area contributed by atoms with Gasteiger partial charge in [-0.15, -0.1) is 0 Å². The minimum atomic E-state index is -0.0953. The maximum atomic E-state index is 12.8. The van der Waals surface area contributed by atoms with E-state index in [1.54, 1.807) is 12.4 Å². The highest BCUT2D eigenvalue weighted by Gasteiger charge is 2.15. The lowest BCUT2D eigenvalue weighted by Gasteiger charge is -2.17. The van der Waals surface area contributed by atoms with E-state index < -0.39 is 0 Å². The van der Waals surface area contributed by atoms with Crippen LogP contribution < -0.4 is 10.1 Å². The average molecular weight is 416 g/mol. The number of nitrogens with zero attached hydrogens (tertiary/aromatic N) is 2. The molecule has 0 aliphatic carbocycles. The van der Waals surface area contributed by atoms with Crippen LogP contribution in [0.3, 0.4) is 0 Å². The summed E-state index contributed by atoms with van der Waals surface area (Å²) in [4.78, 5) is 19.3. The first-order chi connectivity index (χ1) is 15.2. The third-order valence-electron chi connectivity index (χ3n) is 5.65. The van der Waals surface area contributed by atoms with E-state index in [0.29, 0.717) is 12.2 Å². The Morgan fingerprint density at radius 3 is 2.58 bits per heavy atom. The summed E-state index contributed by atoms with van der Waals surface area (Å²) in [5.41, 5.74) is 3.96. The second-order valence-electron chi connectivity index (χ2n) is 8.10. The predicted molar refractivity (Wildman–Crippen MR) is 122 cm³/mol. The summed E-state index contributed by atoms with van der Waals surface area (Å²) >= 11 is 0. The summed E-state index contributed by atoms with van der Waals surface area (Å²) in [7, 11) is 0. The molecule has 1 atom stereocenters. The first-order valence-corrected chi connectivity index (χ1v) is 10.9. The van der Waals surface area contributed by atoms with Gasteiger partial charge in [0.1, 0.15) is 12.4 Å². The van der Waals surface area contributed by atoms with Gasteiger partial charge in [-0.05, 0) is 74.3 Å². The summed E-state index contributed by atoms with van der Waals surface area (Å²) in [5, 5.41) is 3.11. The van der Waals surface area contributed by atoms with Crippen LogP contribution in [-0.2, 0) is 13.2 Å². The lowest BCUT2D eigenvalue weighted by atomic mass is 10.1. The van der Waals surface area contributed by atoms with Gasteiger partial charge in [0.05, 0.1) is 6.04 Å². The molecule has 1 N–H and O–H groups in total. The lowest BCUT2D eigenvalue weighted by molar-refractivity contribution is 0.0939. The van der Waals surface area contributed by atoms with Crippen LogP contribution >= 0.6 is 0 Å². The molecule has 5 heteroatoms. The third kappa shape index (κ3) is 5.92. The van der Waals surface area contributed by atoms with E-state index in [9.17, 15) is 4.79 Å². The van der Waals surface area contributed by atoms with E-state index in [-0.39, 0.29) is 11.9 Å². The summed E-state index contributed by atoms with van der Waals surface area (Å²) in [6.45, 7) is 5.69. The van der Waals surface area contributed by atoms with Crippen molar-refractivity contribution >= 4 is 5.91 Å². The zero-order valence-electron chi connectivity index (χ0n) is 18.0. The monoisotopic (exact) mass is 415 g/mol. The van der Waals surface area contributed by atoms with Crippen LogP contribution in [0.15, 0.2) is 73.1 Å². The highest BCUT2D eigenvalue weighted by Crippen LogP contribution is 2.20. The number of pyridine rings is 1. The van der Waals surface area contributed by atoms with Crippen LogP contribution in [0.1, 0.15) is 52.9 Å². The maximum Gasteiger partial charge on any atom is 0.251 e. The molecular formula is C26H29N3O2. The number of carbonyl (C=O) groups excluding carboxylic acids is 1. The molecule has 1 fully saturated rings. The van der Waals surface area contributed by atoms with Gasteiger partial charge in [-0.25, -0.2) is 0 Å². The molecule has 160 valence electrons. The van der Waals surface area contributed by atoms with Crippen molar-refractivity contribution < 1.29 is 9.53 Å². The van der Waals surface area contributed by atoms with Crippen molar-refractivity contribution in [1.29, 1.82) is 0 Å². The van der Waals surface area contributed by atoms with Crippen molar-refractivity contribution in [3.05, 3.63) is 95.3 Å². The SMILES string of the molecule is CC(NC(=O)c1cccc(CN2CCCC2)c1)c1ccc(OCc2cccnc2)cc1. The summed E-state index contributed by atoms with van der Waals surface area (Å²) in [6.07, 6.45) is 6.08. The van der Waals surface area contributed by atoms with Gasteiger partial charge < -0.3 is 10.1 Å². The molecule has 0 bridgehead atoms. The zero-order chi connectivity index (χ0) is 21.5. The Labute approximate surface area is 184 Å². The van der Waals surface area contributed by atoms with Gasteiger partial charge in [0, 0.05) is 30.1 Å². The molecule has 31 heavy (non-hydrogen) atoms. The van der Waals surface area contributed by atoms with E-state index in [0.717, 1.165) is 36.5 Å². The Morgan fingerprint density at radius 1 is 1.06 bits per heavy atom. The molecule has 3 aromatic rings. The molecule has 2 heterocycles. The molecule has 0 spiro atoms. The Morgan fingerprint density at radius 2 is 1.84 bits per heavy atom. The summed E-state index contributed by atoms with van der Waals surface area (Å²) in [5.74, 6) is 0.744. The van der Waals surface area contributed by atoms with Gasteiger partial charge in [-0.2, -0.15) is 0 Å². The molecule has 1 aromatic heterocycles. The molecule has 0 saturated carbocycles. The average Bonchev–Trinajstić information content (AvgIpc) is 3.32. The number of carbonyl (C=O) groups is 1. The molecular weight excluding hydrogens is 386 g/mol. The van der Waals surface area contributed by atoms with Gasteiger partial charge in [-0.1, -0.05) is 30.3 Å². The van der Waals surface area contributed by atoms with Gasteiger partial charge >= 0.3 is 0 Å². The minimum Gasteiger partial charge on any atom is -0.489 e. The number of rotatable bonds is 8. The number of aromatic nitrogens is 1. The molecule has 5 nitrogen and oxygen atoms in total. The molecule has 2 aromatic carbocycles. The molecule has 1 saturated heterocycles. The Kier molecular flexibility index (Phi) is 6.95. The van der Waals surface area contributed by atoms with E-state index in [1.165, 1.54) is 18.4 Å². The first kappa shape index (κ1) is 21.1. The smallest absolute Gasteiger partial charge is 0.251 e. The van der Waals surface area contributed by atoms with Gasteiger partial charge in [-0.3, -0.25) is 14.7 Å². The van der Waals surface area contributed by atoms with Crippen molar-refractivity contribution in [3.63, 3.8) is 0 Å². The zero-order valence-corrected chi connectivity index (χ0v) is 18.0. The number of ether oxygens (including phenoxy) is 1. The van der Waals surface area contributed by atoms with Crippen molar-refractivity contribution in [2.75, 3.05) is 13.1 Å². The molecule has 1 unspecified atom stereocenters. The molecule has 0 radical (unpaired) electrons. The quantitative estimate of drug-likeness (QED) is 0.577. The summed E-state index contributed by atoms with van der Waals surface area (Å²) < 4.78 is 5.81. The normalized spacial score (nSPS) is 14.9. The number of likely N-dealkylation sites (tertiary alicyclic amines) is 1. The van der Waals surface area contributed by atoms with Crippen molar-refractivity contribution in [1.82, 2.24) is 15.2 Å². The third-order valence-corrected chi connectivity index (χ3v) is 5.65. The Balaban J connectivity index is 1.32. The van der Waals surface area contributed by atoms with Crippen molar-refractivity contribution in [3.8, 4) is 5.75 Å². The number of amides is 1. The van der Waals surface area contributed by atoms with Crippen molar-refractivity contribution in [2.24, 2.45) is 0 Å². The molecule has 4 rings (SSSR count). The van der Waals surface area contributed by atoms with Crippen LogP contribution in [-0.4, -0.2) is 28.9 Å².